The number of aryl methyl sites for hydroxylation is 2. The lowest BCUT2D eigenvalue weighted by Gasteiger charge is -2.17. The Morgan fingerprint density at radius 2 is 1.61 bits per heavy atom. The van der Waals surface area contributed by atoms with Crippen LogP contribution in [0.4, 0.5) is 17.1 Å². The summed E-state index contributed by atoms with van der Waals surface area (Å²) in [5, 5.41) is 9.78. The molecule has 0 saturated carbocycles. The fourth-order valence-electron chi connectivity index (χ4n) is 3.12. The molecular formula is C25H27N3OS2. The number of hydrogen-bond donors (Lipinski definition) is 3. The maximum Gasteiger partial charge on any atom is 0.237 e. The van der Waals surface area contributed by atoms with Crippen LogP contribution in [0.15, 0.2) is 77.7 Å². The second-order valence-corrected chi connectivity index (χ2v) is 8.98. The zero-order valence-corrected chi connectivity index (χ0v) is 19.6. The predicted molar refractivity (Wildman–Crippen MR) is 137 cm³/mol. The smallest absolute Gasteiger partial charge is 0.237 e. The molecule has 0 spiro atoms. The maximum atomic E-state index is 12.9. The van der Waals surface area contributed by atoms with Crippen LogP contribution in [0, 0.1) is 13.8 Å². The summed E-state index contributed by atoms with van der Waals surface area (Å²) in [5.74, 6) is 0.0130. The van der Waals surface area contributed by atoms with E-state index in [-0.39, 0.29) is 11.2 Å². The molecule has 3 rings (SSSR count). The highest BCUT2D eigenvalue weighted by molar-refractivity contribution is 8.00. The SMILES string of the molecule is CCC(Sc1cccc(NC(=S)Nc2ccccc2)c1)C(=O)Nc1ccc(C)cc1C. The van der Waals surface area contributed by atoms with E-state index in [4.69, 9.17) is 12.2 Å². The van der Waals surface area contributed by atoms with Gasteiger partial charge in [-0.3, -0.25) is 4.79 Å². The van der Waals surface area contributed by atoms with Gasteiger partial charge >= 0.3 is 0 Å². The lowest BCUT2D eigenvalue weighted by molar-refractivity contribution is -0.115. The quantitative estimate of drug-likeness (QED) is 0.279. The Morgan fingerprint density at radius 3 is 2.32 bits per heavy atom. The van der Waals surface area contributed by atoms with Crippen LogP contribution in [0.2, 0.25) is 0 Å². The fourth-order valence-corrected chi connectivity index (χ4v) is 4.36. The fraction of sp³-hybridized carbons (Fsp3) is 0.200. The molecule has 0 fully saturated rings. The van der Waals surface area contributed by atoms with Crippen LogP contribution >= 0.6 is 24.0 Å². The Hall–Kier alpha value is -2.83. The minimum Gasteiger partial charge on any atom is -0.332 e. The van der Waals surface area contributed by atoms with Crippen LogP contribution in [0.25, 0.3) is 0 Å². The Morgan fingerprint density at radius 1 is 0.903 bits per heavy atom. The first-order valence-electron chi connectivity index (χ1n) is 10.2. The average Bonchev–Trinajstić information content (AvgIpc) is 2.75. The zero-order chi connectivity index (χ0) is 22.2. The molecule has 4 nitrogen and oxygen atoms in total. The zero-order valence-electron chi connectivity index (χ0n) is 17.9. The highest BCUT2D eigenvalue weighted by Gasteiger charge is 2.19. The largest absolute Gasteiger partial charge is 0.332 e. The number of benzene rings is 3. The standard InChI is InChI=1S/C25H27N3OS2/c1-4-23(24(29)28-22-14-13-17(2)15-18(22)3)31-21-12-8-11-20(16-21)27-25(30)26-19-9-6-5-7-10-19/h5-16,23H,4H2,1-3H3,(H,28,29)(H2,26,27,30). The summed E-state index contributed by atoms with van der Waals surface area (Å²) in [4.78, 5) is 13.9. The van der Waals surface area contributed by atoms with Crippen molar-refractivity contribution in [2.75, 3.05) is 16.0 Å². The summed E-state index contributed by atoms with van der Waals surface area (Å²) in [6.45, 7) is 6.09. The van der Waals surface area contributed by atoms with Crippen LogP contribution in [0.5, 0.6) is 0 Å². The van der Waals surface area contributed by atoms with Gasteiger partial charge < -0.3 is 16.0 Å². The highest BCUT2D eigenvalue weighted by atomic mass is 32.2. The summed E-state index contributed by atoms with van der Waals surface area (Å²) in [6.07, 6.45) is 0.729. The summed E-state index contributed by atoms with van der Waals surface area (Å²) < 4.78 is 0. The minimum absolute atomic E-state index is 0.0130. The van der Waals surface area contributed by atoms with E-state index in [9.17, 15) is 4.79 Å². The third-order valence-corrected chi connectivity index (χ3v) is 6.27. The van der Waals surface area contributed by atoms with Crippen molar-refractivity contribution in [1.82, 2.24) is 0 Å². The third kappa shape index (κ3) is 6.84. The first kappa shape index (κ1) is 22.8. The van der Waals surface area contributed by atoms with Gasteiger partial charge in [-0.2, -0.15) is 0 Å². The Kier molecular flexibility index (Phi) is 8.09. The topological polar surface area (TPSA) is 53.2 Å². The van der Waals surface area contributed by atoms with Crippen molar-refractivity contribution >= 4 is 52.1 Å². The van der Waals surface area contributed by atoms with E-state index >= 15 is 0 Å². The molecule has 0 aliphatic carbocycles. The van der Waals surface area contributed by atoms with Crippen molar-refractivity contribution in [3.63, 3.8) is 0 Å². The molecule has 1 amide bonds. The molecule has 0 saturated heterocycles. The summed E-state index contributed by atoms with van der Waals surface area (Å²) in [7, 11) is 0. The molecule has 0 aromatic heterocycles. The van der Waals surface area contributed by atoms with Gasteiger partial charge in [-0.1, -0.05) is 48.9 Å². The van der Waals surface area contributed by atoms with Crippen molar-refractivity contribution in [2.45, 2.75) is 37.3 Å². The van der Waals surface area contributed by atoms with E-state index in [0.29, 0.717) is 5.11 Å². The highest BCUT2D eigenvalue weighted by Crippen LogP contribution is 2.29. The average molecular weight is 450 g/mol. The molecule has 160 valence electrons. The molecule has 0 aliphatic heterocycles. The van der Waals surface area contributed by atoms with Crippen LogP contribution in [-0.4, -0.2) is 16.3 Å². The van der Waals surface area contributed by atoms with E-state index < -0.39 is 0 Å². The van der Waals surface area contributed by atoms with Gasteiger partial charge in [0.2, 0.25) is 5.91 Å². The van der Waals surface area contributed by atoms with Gasteiger partial charge in [0.15, 0.2) is 5.11 Å². The summed E-state index contributed by atoms with van der Waals surface area (Å²) >= 11 is 6.97. The first-order valence-corrected chi connectivity index (χ1v) is 11.5. The molecule has 3 aromatic carbocycles. The third-order valence-electron chi connectivity index (χ3n) is 4.70. The van der Waals surface area contributed by atoms with E-state index in [1.165, 1.54) is 5.56 Å². The maximum absolute atomic E-state index is 12.9. The Labute approximate surface area is 193 Å². The Balaban J connectivity index is 1.62. The summed E-state index contributed by atoms with van der Waals surface area (Å²) in [6, 6.07) is 23.8. The van der Waals surface area contributed by atoms with Gasteiger partial charge in [0.05, 0.1) is 5.25 Å². The number of thiocarbonyl (C=S) groups is 1. The number of carbonyl (C=O) groups is 1. The molecule has 1 atom stereocenters. The molecule has 0 aliphatic rings. The monoisotopic (exact) mass is 449 g/mol. The van der Waals surface area contributed by atoms with Gasteiger partial charge in [0.1, 0.15) is 0 Å². The number of amides is 1. The normalized spacial score (nSPS) is 11.5. The molecule has 0 bridgehead atoms. The van der Waals surface area contributed by atoms with Crippen molar-refractivity contribution in [3.05, 3.63) is 83.9 Å². The lowest BCUT2D eigenvalue weighted by atomic mass is 10.1. The summed E-state index contributed by atoms with van der Waals surface area (Å²) in [5.41, 5.74) is 4.92. The van der Waals surface area contributed by atoms with Crippen molar-refractivity contribution in [2.24, 2.45) is 0 Å². The van der Waals surface area contributed by atoms with Crippen LogP contribution in [-0.2, 0) is 4.79 Å². The number of carbonyl (C=O) groups excluding carboxylic acids is 1. The molecule has 6 heteroatoms. The van der Waals surface area contributed by atoms with E-state index in [0.717, 1.165) is 33.9 Å². The number of para-hydroxylation sites is 1. The molecule has 3 N–H and O–H groups in total. The number of hydrogen-bond acceptors (Lipinski definition) is 3. The van der Waals surface area contributed by atoms with E-state index in [1.807, 2.05) is 87.5 Å². The van der Waals surface area contributed by atoms with Crippen LogP contribution in [0.3, 0.4) is 0 Å². The molecule has 31 heavy (non-hydrogen) atoms. The Bertz CT molecular complexity index is 1050. The second-order valence-electron chi connectivity index (χ2n) is 7.30. The molecule has 0 heterocycles. The minimum atomic E-state index is -0.189. The molecule has 0 radical (unpaired) electrons. The predicted octanol–water partition coefficient (Wildman–Crippen LogP) is 6.62. The lowest BCUT2D eigenvalue weighted by Crippen LogP contribution is -2.25. The van der Waals surface area contributed by atoms with Crippen LogP contribution < -0.4 is 16.0 Å². The van der Waals surface area contributed by atoms with Crippen molar-refractivity contribution in [1.29, 1.82) is 0 Å². The number of thioether (sulfide) groups is 1. The first-order chi connectivity index (χ1) is 14.9. The number of anilines is 3. The van der Waals surface area contributed by atoms with Gasteiger partial charge in [-0.25, -0.2) is 0 Å². The van der Waals surface area contributed by atoms with Gasteiger partial charge in [0.25, 0.3) is 0 Å². The second kappa shape index (κ2) is 11.0. The van der Waals surface area contributed by atoms with Crippen molar-refractivity contribution in [3.8, 4) is 0 Å². The van der Waals surface area contributed by atoms with Gasteiger partial charge in [-0.15, -0.1) is 11.8 Å². The van der Waals surface area contributed by atoms with Gasteiger partial charge in [-0.05, 0) is 74.4 Å². The number of rotatable bonds is 7. The van der Waals surface area contributed by atoms with E-state index in [1.54, 1.807) is 11.8 Å². The van der Waals surface area contributed by atoms with E-state index in [2.05, 4.69) is 22.0 Å². The molecular weight excluding hydrogens is 422 g/mol. The van der Waals surface area contributed by atoms with Gasteiger partial charge in [0, 0.05) is 22.0 Å². The molecule has 3 aromatic rings. The van der Waals surface area contributed by atoms with Crippen molar-refractivity contribution < 1.29 is 4.79 Å². The molecule has 1 unspecified atom stereocenters. The number of nitrogens with one attached hydrogen (secondary N) is 3. The van der Waals surface area contributed by atoms with Crippen LogP contribution in [0.1, 0.15) is 24.5 Å².